The van der Waals surface area contributed by atoms with Crippen molar-refractivity contribution in [2.24, 2.45) is 0 Å². The number of rotatable bonds is 7. The average Bonchev–Trinajstić information content (AvgIpc) is 3.15. The molecule has 1 aliphatic rings. The largest absolute Gasteiger partial charge is 0.344 e. The van der Waals surface area contributed by atoms with Crippen molar-refractivity contribution in [1.29, 1.82) is 0 Å². The Morgan fingerprint density at radius 3 is 2.62 bits per heavy atom. The van der Waals surface area contributed by atoms with E-state index in [4.69, 9.17) is 0 Å². The van der Waals surface area contributed by atoms with Crippen LogP contribution in [0.1, 0.15) is 54.7 Å². The van der Waals surface area contributed by atoms with E-state index in [1.807, 2.05) is 6.92 Å². The summed E-state index contributed by atoms with van der Waals surface area (Å²) in [5.74, 6) is -0.544. The van der Waals surface area contributed by atoms with Crippen LogP contribution >= 0.6 is 0 Å². The average molecular weight is 359 g/mol. The van der Waals surface area contributed by atoms with Crippen LogP contribution in [0, 0.1) is 5.82 Å². The van der Waals surface area contributed by atoms with Crippen LogP contribution in [0.4, 0.5) is 4.39 Å². The molecular formula is C19H26FN5O. The topological polar surface area (TPSA) is 63.1 Å². The van der Waals surface area contributed by atoms with Crippen molar-refractivity contribution in [1.82, 2.24) is 25.2 Å². The van der Waals surface area contributed by atoms with E-state index in [0.29, 0.717) is 12.1 Å². The molecule has 1 atom stereocenters. The second-order valence-corrected chi connectivity index (χ2v) is 6.76. The number of nitrogens with zero attached hydrogens (tertiary/aromatic N) is 4. The van der Waals surface area contributed by atoms with Crippen molar-refractivity contribution < 1.29 is 9.18 Å². The summed E-state index contributed by atoms with van der Waals surface area (Å²) in [5, 5.41) is 11.0. The number of amides is 1. The van der Waals surface area contributed by atoms with E-state index < -0.39 is 0 Å². The summed E-state index contributed by atoms with van der Waals surface area (Å²) >= 11 is 0. The smallest absolute Gasteiger partial charge is 0.273 e. The molecule has 1 N–H and O–H groups in total. The lowest BCUT2D eigenvalue weighted by molar-refractivity contribution is 0.0930. The molecule has 7 heteroatoms. The normalized spacial score (nSPS) is 16.4. The fourth-order valence-electron chi connectivity index (χ4n) is 3.29. The highest BCUT2D eigenvalue weighted by Gasteiger charge is 2.17. The van der Waals surface area contributed by atoms with Crippen molar-refractivity contribution in [2.75, 3.05) is 19.6 Å². The minimum absolute atomic E-state index is 0.179. The van der Waals surface area contributed by atoms with Gasteiger partial charge in [-0.25, -0.2) is 4.39 Å². The third-order valence-electron chi connectivity index (χ3n) is 4.85. The molecule has 140 valence electrons. The molecule has 1 aliphatic heterocycles. The molecule has 1 aromatic heterocycles. The van der Waals surface area contributed by atoms with Crippen LogP contribution < -0.4 is 5.32 Å². The summed E-state index contributed by atoms with van der Waals surface area (Å²) in [6.07, 6.45) is 6.23. The molecule has 0 radical (unpaired) electrons. The van der Waals surface area contributed by atoms with Gasteiger partial charge in [-0.15, -0.1) is 5.10 Å². The van der Waals surface area contributed by atoms with E-state index in [-0.39, 0.29) is 17.8 Å². The zero-order valence-electron chi connectivity index (χ0n) is 15.2. The van der Waals surface area contributed by atoms with Crippen LogP contribution in [0.15, 0.2) is 30.5 Å². The molecule has 26 heavy (non-hydrogen) atoms. The summed E-state index contributed by atoms with van der Waals surface area (Å²) in [6.45, 7) is 5.91. The molecular weight excluding hydrogens is 333 g/mol. The molecule has 1 amide bonds. The summed E-state index contributed by atoms with van der Waals surface area (Å²) < 4.78 is 14.8. The summed E-state index contributed by atoms with van der Waals surface area (Å²) in [6, 6.07) is 6.02. The van der Waals surface area contributed by atoms with Gasteiger partial charge in [0.2, 0.25) is 0 Å². The van der Waals surface area contributed by atoms with Crippen molar-refractivity contribution in [2.45, 2.75) is 45.2 Å². The number of piperidine rings is 1. The lowest BCUT2D eigenvalue weighted by atomic mass is 10.0. The van der Waals surface area contributed by atoms with E-state index in [2.05, 4.69) is 20.5 Å². The van der Waals surface area contributed by atoms with E-state index in [9.17, 15) is 9.18 Å². The minimum Gasteiger partial charge on any atom is -0.344 e. The third-order valence-corrected chi connectivity index (χ3v) is 4.85. The Morgan fingerprint density at radius 2 is 1.92 bits per heavy atom. The van der Waals surface area contributed by atoms with E-state index in [0.717, 1.165) is 31.7 Å². The number of halogens is 1. The van der Waals surface area contributed by atoms with Gasteiger partial charge in [-0.1, -0.05) is 30.7 Å². The van der Waals surface area contributed by atoms with Gasteiger partial charge in [0.05, 0.1) is 18.8 Å². The first kappa shape index (κ1) is 18.5. The van der Waals surface area contributed by atoms with Crippen molar-refractivity contribution >= 4 is 5.91 Å². The molecule has 6 nitrogen and oxygen atoms in total. The number of likely N-dealkylation sites (tertiary alicyclic amines) is 1. The molecule has 2 heterocycles. The number of carbonyl (C=O) groups is 1. The summed E-state index contributed by atoms with van der Waals surface area (Å²) in [5.41, 5.74) is 1.18. The first-order valence-electron chi connectivity index (χ1n) is 9.34. The van der Waals surface area contributed by atoms with Crippen molar-refractivity contribution in [3.8, 4) is 0 Å². The van der Waals surface area contributed by atoms with Gasteiger partial charge in [0, 0.05) is 6.54 Å². The lowest BCUT2D eigenvalue weighted by Gasteiger charge is -2.25. The molecule has 1 fully saturated rings. The summed E-state index contributed by atoms with van der Waals surface area (Å²) in [4.78, 5) is 14.9. The SMILES string of the molecule is CCC(NC(=O)c1cn(CCN2CCCCC2)nn1)c1ccc(F)cc1. The highest BCUT2D eigenvalue weighted by molar-refractivity contribution is 5.92. The fraction of sp³-hybridized carbons (Fsp3) is 0.526. The minimum atomic E-state index is -0.286. The Morgan fingerprint density at radius 1 is 1.19 bits per heavy atom. The van der Waals surface area contributed by atoms with Gasteiger partial charge < -0.3 is 10.2 Å². The Bertz CT molecular complexity index is 709. The Hall–Kier alpha value is -2.28. The standard InChI is InChI=1S/C19H26FN5O/c1-2-17(15-6-8-16(20)9-7-15)21-19(26)18-14-25(23-22-18)13-12-24-10-4-3-5-11-24/h6-9,14,17H,2-5,10-13H2,1H3,(H,21,26). The first-order chi connectivity index (χ1) is 12.7. The van der Waals surface area contributed by atoms with Crippen LogP contribution in [-0.4, -0.2) is 45.4 Å². The number of aromatic nitrogens is 3. The molecule has 1 unspecified atom stereocenters. The zero-order chi connectivity index (χ0) is 18.4. The summed E-state index contributed by atoms with van der Waals surface area (Å²) in [7, 11) is 0. The van der Waals surface area contributed by atoms with Crippen LogP contribution in [0.5, 0.6) is 0 Å². The van der Waals surface area contributed by atoms with Gasteiger partial charge >= 0.3 is 0 Å². The van der Waals surface area contributed by atoms with Gasteiger partial charge in [0.15, 0.2) is 5.69 Å². The number of hydrogen-bond acceptors (Lipinski definition) is 4. The Balaban J connectivity index is 1.55. The molecule has 1 aromatic carbocycles. The maximum absolute atomic E-state index is 13.1. The van der Waals surface area contributed by atoms with E-state index in [1.54, 1.807) is 23.0 Å². The van der Waals surface area contributed by atoms with Crippen molar-refractivity contribution in [3.63, 3.8) is 0 Å². The van der Waals surface area contributed by atoms with Crippen LogP contribution in [0.2, 0.25) is 0 Å². The zero-order valence-corrected chi connectivity index (χ0v) is 15.2. The van der Waals surface area contributed by atoms with Gasteiger partial charge in [-0.3, -0.25) is 9.48 Å². The molecule has 2 aromatic rings. The van der Waals surface area contributed by atoms with E-state index >= 15 is 0 Å². The van der Waals surface area contributed by atoms with Gasteiger partial charge in [-0.2, -0.15) is 0 Å². The first-order valence-corrected chi connectivity index (χ1v) is 9.34. The molecule has 0 aliphatic carbocycles. The van der Waals surface area contributed by atoms with Crippen LogP contribution in [0.25, 0.3) is 0 Å². The molecule has 0 spiro atoms. The van der Waals surface area contributed by atoms with E-state index in [1.165, 1.54) is 31.4 Å². The number of nitrogens with one attached hydrogen (secondary N) is 1. The van der Waals surface area contributed by atoms with Crippen LogP contribution in [-0.2, 0) is 6.54 Å². The number of hydrogen-bond donors (Lipinski definition) is 1. The number of carbonyl (C=O) groups excluding carboxylic acids is 1. The lowest BCUT2D eigenvalue weighted by Crippen LogP contribution is -2.32. The second-order valence-electron chi connectivity index (χ2n) is 6.76. The molecule has 0 bridgehead atoms. The Kier molecular flexibility index (Phi) is 6.33. The van der Waals surface area contributed by atoms with Gasteiger partial charge in [-0.05, 0) is 50.0 Å². The maximum atomic E-state index is 13.1. The predicted molar refractivity (Wildman–Crippen MR) is 97.2 cm³/mol. The molecule has 3 rings (SSSR count). The second kappa shape index (κ2) is 8.89. The monoisotopic (exact) mass is 359 g/mol. The maximum Gasteiger partial charge on any atom is 0.273 e. The predicted octanol–water partition coefficient (Wildman–Crippen LogP) is 2.78. The van der Waals surface area contributed by atoms with Crippen LogP contribution in [0.3, 0.4) is 0 Å². The van der Waals surface area contributed by atoms with Gasteiger partial charge in [0.1, 0.15) is 5.82 Å². The quantitative estimate of drug-likeness (QED) is 0.826. The highest BCUT2D eigenvalue weighted by Crippen LogP contribution is 2.17. The number of benzene rings is 1. The van der Waals surface area contributed by atoms with Gasteiger partial charge in [0.25, 0.3) is 5.91 Å². The highest BCUT2D eigenvalue weighted by atomic mass is 19.1. The molecule has 0 saturated carbocycles. The van der Waals surface area contributed by atoms with Crippen molar-refractivity contribution in [3.05, 3.63) is 47.5 Å². The fourth-order valence-corrected chi connectivity index (χ4v) is 3.29. The molecule has 1 saturated heterocycles. The Labute approximate surface area is 153 Å². The third kappa shape index (κ3) is 4.88.